The Morgan fingerprint density at radius 2 is 1.53 bits per heavy atom. The average Bonchev–Trinajstić information content (AvgIpc) is 3.41. The molecule has 0 spiro atoms. The van der Waals surface area contributed by atoms with Gasteiger partial charge in [-0.1, -0.05) is 42.5 Å². The van der Waals surface area contributed by atoms with Crippen molar-refractivity contribution in [3.8, 4) is 16.9 Å². The van der Waals surface area contributed by atoms with Gasteiger partial charge in [0.1, 0.15) is 23.8 Å². The van der Waals surface area contributed by atoms with Gasteiger partial charge >= 0.3 is 0 Å². The van der Waals surface area contributed by atoms with E-state index < -0.39 is 0 Å². The molecule has 0 saturated heterocycles. The number of aryl methyl sites for hydroxylation is 1. The topological polar surface area (TPSA) is 84.7 Å². The molecule has 0 radical (unpaired) electrons. The van der Waals surface area contributed by atoms with Crippen molar-refractivity contribution in [1.82, 2.24) is 19.5 Å². The fourth-order valence-electron chi connectivity index (χ4n) is 3.58. The van der Waals surface area contributed by atoms with E-state index in [0.717, 1.165) is 22.6 Å². The molecular weight excluding hydrogens is 424 g/mol. The molecule has 7 nitrogen and oxygen atoms in total. The van der Waals surface area contributed by atoms with Gasteiger partial charge in [0, 0.05) is 35.4 Å². The predicted octanol–water partition coefficient (Wildman–Crippen LogP) is 5.63. The molecule has 7 heteroatoms. The summed E-state index contributed by atoms with van der Waals surface area (Å²) in [4.78, 5) is 25.6. The van der Waals surface area contributed by atoms with E-state index in [1.54, 1.807) is 12.5 Å². The maximum atomic E-state index is 12.7. The van der Waals surface area contributed by atoms with Gasteiger partial charge in [-0.05, 0) is 54.4 Å². The quantitative estimate of drug-likeness (QED) is 0.353. The maximum absolute atomic E-state index is 12.7. The zero-order valence-electron chi connectivity index (χ0n) is 18.5. The monoisotopic (exact) mass is 446 g/mol. The Bertz CT molecular complexity index is 1400. The van der Waals surface area contributed by atoms with E-state index >= 15 is 0 Å². The first kappa shape index (κ1) is 21.1. The van der Waals surface area contributed by atoms with Crippen LogP contribution in [0.3, 0.4) is 0 Å². The fourth-order valence-corrected chi connectivity index (χ4v) is 3.58. The summed E-state index contributed by atoms with van der Waals surface area (Å²) in [7, 11) is 0. The number of rotatable bonds is 6. The number of hydrogen-bond donors (Lipinski definition) is 2. The third kappa shape index (κ3) is 4.83. The van der Waals surface area contributed by atoms with Crippen LogP contribution >= 0.6 is 0 Å². The summed E-state index contributed by atoms with van der Waals surface area (Å²) in [5, 5.41) is 6.23. The van der Waals surface area contributed by atoms with Gasteiger partial charge in [0.2, 0.25) is 0 Å². The van der Waals surface area contributed by atoms with Crippen molar-refractivity contribution in [2.24, 2.45) is 0 Å². The van der Waals surface area contributed by atoms with Gasteiger partial charge < -0.3 is 10.6 Å². The van der Waals surface area contributed by atoms with Crippen LogP contribution in [0.25, 0.3) is 16.9 Å². The van der Waals surface area contributed by atoms with E-state index in [9.17, 15) is 4.79 Å². The SMILES string of the molecule is Cc1nc(Nc2ccc(NC(=O)c3ccc(-c4ccccc4)cc3)cc2)cc(-n2ccnc2)n1. The molecule has 0 aliphatic rings. The zero-order valence-corrected chi connectivity index (χ0v) is 18.5. The second-order valence-electron chi connectivity index (χ2n) is 7.73. The molecule has 0 aliphatic carbocycles. The van der Waals surface area contributed by atoms with Gasteiger partial charge in [-0.2, -0.15) is 0 Å². The highest BCUT2D eigenvalue weighted by atomic mass is 16.1. The van der Waals surface area contributed by atoms with Gasteiger partial charge in [0.25, 0.3) is 5.91 Å². The van der Waals surface area contributed by atoms with Crippen LogP contribution in [0.15, 0.2) is 104 Å². The molecule has 5 aromatic rings. The first-order chi connectivity index (χ1) is 16.6. The number of nitrogens with zero attached hydrogens (tertiary/aromatic N) is 4. The lowest BCUT2D eigenvalue weighted by Gasteiger charge is -2.10. The molecule has 2 aromatic heterocycles. The van der Waals surface area contributed by atoms with Crippen LogP contribution in [0, 0.1) is 6.92 Å². The first-order valence-electron chi connectivity index (χ1n) is 10.8. The number of benzene rings is 3. The Labute approximate surface area is 197 Å². The van der Waals surface area contributed by atoms with Crippen LogP contribution in [0.5, 0.6) is 0 Å². The lowest BCUT2D eigenvalue weighted by atomic mass is 10.0. The summed E-state index contributed by atoms with van der Waals surface area (Å²) in [6.45, 7) is 1.84. The van der Waals surface area contributed by atoms with E-state index in [1.807, 2.05) is 103 Å². The highest BCUT2D eigenvalue weighted by Gasteiger charge is 2.08. The Hall–Kier alpha value is -4.78. The molecule has 1 amide bonds. The zero-order chi connectivity index (χ0) is 23.3. The van der Waals surface area contributed by atoms with Crippen molar-refractivity contribution in [1.29, 1.82) is 0 Å². The second kappa shape index (κ2) is 9.38. The van der Waals surface area contributed by atoms with Crippen molar-refractivity contribution < 1.29 is 4.79 Å². The molecule has 0 bridgehead atoms. The first-order valence-corrected chi connectivity index (χ1v) is 10.8. The number of carbonyl (C=O) groups is 1. The minimum Gasteiger partial charge on any atom is -0.340 e. The molecule has 3 aromatic carbocycles. The molecule has 2 N–H and O–H groups in total. The summed E-state index contributed by atoms with van der Waals surface area (Å²) in [5.41, 5.74) is 4.35. The predicted molar refractivity (Wildman–Crippen MR) is 133 cm³/mol. The Morgan fingerprint density at radius 1 is 0.824 bits per heavy atom. The lowest BCUT2D eigenvalue weighted by Crippen LogP contribution is -2.11. The third-order valence-corrected chi connectivity index (χ3v) is 5.26. The van der Waals surface area contributed by atoms with Crippen LogP contribution in [0.1, 0.15) is 16.2 Å². The van der Waals surface area contributed by atoms with E-state index in [-0.39, 0.29) is 5.91 Å². The molecule has 0 saturated carbocycles. The lowest BCUT2D eigenvalue weighted by molar-refractivity contribution is 0.102. The largest absolute Gasteiger partial charge is 0.340 e. The van der Waals surface area contributed by atoms with E-state index in [2.05, 4.69) is 25.6 Å². The molecule has 166 valence electrons. The highest BCUT2D eigenvalue weighted by molar-refractivity contribution is 6.04. The summed E-state index contributed by atoms with van der Waals surface area (Å²) in [6, 6.07) is 27.0. The van der Waals surface area contributed by atoms with Gasteiger partial charge in [-0.3, -0.25) is 9.36 Å². The van der Waals surface area contributed by atoms with E-state index in [4.69, 9.17) is 0 Å². The summed E-state index contributed by atoms with van der Waals surface area (Å²) >= 11 is 0. The van der Waals surface area contributed by atoms with Gasteiger partial charge in [-0.25, -0.2) is 15.0 Å². The molecule has 0 aliphatic heterocycles. The van der Waals surface area contributed by atoms with E-state index in [0.29, 0.717) is 22.9 Å². The minimum atomic E-state index is -0.156. The number of amides is 1. The van der Waals surface area contributed by atoms with Crippen LogP contribution in [0.2, 0.25) is 0 Å². The Kier molecular flexibility index (Phi) is 5.82. The summed E-state index contributed by atoms with van der Waals surface area (Å²) in [6.07, 6.45) is 5.23. The smallest absolute Gasteiger partial charge is 0.255 e. The average molecular weight is 447 g/mol. The molecule has 34 heavy (non-hydrogen) atoms. The van der Waals surface area contributed by atoms with Crippen LogP contribution < -0.4 is 10.6 Å². The Morgan fingerprint density at radius 3 is 2.24 bits per heavy atom. The summed E-state index contributed by atoms with van der Waals surface area (Å²) in [5.74, 6) is 1.90. The maximum Gasteiger partial charge on any atom is 0.255 e. The normalized spacial score (nSPS) is 10.6. The van der Waals surface area contributed by atoms with Crippen molar-refractivity contribution in [2.75, 3.05) is 10.6 Å². The van der Waals surface area contributed by atoms with Crippen LogP contribution in [-0.4, -0.2) is 25.4 Å². The van der Waals surface area contributed by atoms with Crippen molar-refractivity contribution in [3.05, 3.63) is 115 Å². The fraction of sp³-hybridized carbons (Fsp3) is 0.0370. The Balaban J connectivity index is 1.25. The van der Waals surface area contributed by atoms with Gasteiger partial charge in [-0.15, -0.1) is 0 Å². The third-order valence-electron chi connectivity index (χ3n) is 5.26. The number of aromatic nitrogens is 4. The van der Waals surface area contributed by atoms with Gasteiger partial charge in [0.05, 0.1) is 0 Å². The number of carbonyl (C=O) groups excluding carboxylic acids is 1. The van der Waals surface area contributed by atoms with Crippen molar-refractivity contribution >= 4 is 23.1 Å². The van der Waals surface area contributed by atoms with Crippen LogP contribution in [0.4, 0.5) is 17.2 Å². The molecule has 5 rings (SSSR count). The number of hydrogen-bond acceptors (Lipinski definition) is 5. The van der Waals surface area contributed by atoms with Crippen molar-refractivity contribution in [2.45, 2.75) is 6.92 Å². The molecule has 0 fully saturated rings. The summed E-state index contributed by atoms with van der Waals surface area (Å²) < 4.78 is 1.82. The number of nitrogens with one attached hydrogen (secondary N) is 2. The minimum absolute atomic E-state index is 0.156. The molecule has 0 atom stereocenters. The van der Waals surface area contributed by atoms with Crippen LogP contribution in [-0.2, 0) is 0 Å². The molecular formula is C27H22N6O. The number of anilines is 3. The molecule has 0 unspecified atom stereocenters. The van der Waals surface area contributed by atoms with E-state index in [1.165, 1.54) is 0 Å². The number of imidazole rings is 1. The van der Waals surface area contributed by atoms with Crippen molar-refractivity contribution in [3.63, 3.8) is 0 Å². The van der Waals surface area contributed by atoms with Gasteiger partial charge in [0.15, 0.2) is 0 Å². The standard InChI is InChI=1S/C27H22N6O/c1-19-29-25(17-26(30-19)33-16-15-28-18-33)31-23-11-13-24(14-12-23)32-27(34)22-9-7-21(8-10-22)20-5-3-2-4-6-20/h2-18H,1H3,(H,32,34)(H,29,30,31). The highest BCUT2D eigenvalue weighted by Crippen LogP contribution is 2.22. The second-order valence-corrected chi connectivity index (χ2v) is 7.73. The molecule has 2 heterocycles.